The van der Waals surface area contributed by atoms with Gasteiger partial charge in [-0.1, -0.05) is 12.1 Å². The van der Waals surface area contributed by atoms with E-state index in [2.05, 4.69) is 5.32 Å². The minimum atomic E-state index is -0.835. The summed E-state index contributed by atoms with van der Waals surface area (Å²) in [5.74, 6) is -1.000. The average molecular weight is 331 g/mol. The predicted octanol–water partition coefficient (Wildman–Crippen LogP) is 3.41. The number of carbonyl (C=O) groups excluding carboxylic acids is 2. The van der Waals surface area contributed by atoms with E-state index in [9.17, 15) is 14.0 Å². The molecule has 0 bridgehead atoms. The number of hydrogen-bond donors (Lipinski definition) is 1. The molecule has 1 N–H and O–H groups in total. The molecule has 0 aliphatic heterocycles. The first-order chi connectivity index (χ1) is 11.5. The van der Waals surface area contributed by atoms with Crippen molar-refractivity contribution in [3.05, 3.63) is 59.9 Å². The smallest absolute Gasteiger partial charge is 0.338 e. The van der Waals surface area contributed by atoms with E-state index in [-0.39, 0.29) is 5.69 Å². The van der Waals surface area contributed by atoms with E-state index in [1.807, 2.05) is 0 Å². The van der Waals surface area contributed by atoms with Gasteiger partial charge in [-0.15, -0.1) is 0 Å². The van der Waals surface area contributed by atoms with Gasteiger partial charge in [0.1, 0.15) is 11.6 Å². The molecular weight excluding hydrogens is 313 g/mol. The first-order valence-corrected chi connectivity index (χ1v) is 7.50. The second-order valence-electron chi connectivity index (χ2n) is 4.97. The Kier molecular flexibility index (Phi) is 5.89. The number of rotatable bonds is 6. The molecule has 2 aromatic rings. The van der Waals surface area contributed by atoms with Gasteiger partial charge >= 0.3 is 5.97 Å². The Morgan fingerprint density at radius 2 is 1.79 bits per heavy atom. The number of anilines is 1. The maximum atomic E-state index is 13.5. The number of hydrogen-bond acceptors (Lipinski definition) is 4. The van der Waals surface area contributed by atoms with Gasteiger partial charge < -0.3 is 14.8 Å². The van der Waals surface area contributed by atoms with Crippen molar-refractivity contribution in [2.24, 2.45) is 0 Å². The van der Waals surface area contributed by atoms with Crippen LogP contribution in [0.15, 0.2) is 48.5 Å². The van der Waals surface area contributed by atoms with E-state index in [0.29, 0.717) is 17.9 Å². The van der Waals surface area contributed by atoms with Gasteiger partial charge in [0.25, 0.3) is 5.91 Å². The molecule has 0 radical (unpaired) electrons. The fraction of sp³-hybridized carbons (Fsp3) is 0.222. The van der Waals surface area contributed by atoms with Crippen LogP contribution in [-0.4, -0.2) is 24.6 Å². The summed E-state index contributed by atoms with van der Waals surface area (Å²) in [5.41, 5.74) is 0.489. The number of para-hydroxylation sites is 1. The van der Waals surface area contributed by atoms with Crippen molar-refractivity contribution in [2.45, 2.75) is 20.0 Å². The topological polar surface area (TPSA) is 64.6 Å². The first-order valence-electron chi connectivity index (χ1n) is 7.50. The second-order valence-corrected chi connectivity index (χ2v) is 4.97. The molecule has 1 amide bonds. The summed E-state index contributed by atoms with van der Waals surface area (Å²) in [4.78, 5) is 23.6. The standard InChI is InChI=1S/C18H18FNO4/c1-3-23-18(22)13-8-10-14(11-9-13)24-12(2)17(21)20-16-7-5-4-6-15(16)19/h4-12H,3H2,1-2H3,(H,20,21)/t12-/m0/s1. The molecule has 5 nitrogen and oxygen atoms in total. The third-order valence-electron chi connectivity index (χ3n) is 3.18. The summed E-state index contributed by atoms with van der Waals surface area (Å²) in [7, 11) is 0. The van der Waals surface area contributed by atoms with Gasteiger partial charge in [-0.3, -0.25) is 4.79 Å². The molecular formula is C18H18FNO4. The van der Waals surface area contributed by atoms with Crippen LogP contribution in [0.2, 0.25) is 0 Å². The highest BCUT2D eigenvalue weighted by Crippen LogP contribution is 2.17. The SMILES string of the molecule is CCOC(=O)c1ccc(O[C@@H](C)C(=O)Nc2ccccc2F)cc1. The molecule has 0 fully saturated rings. The van der Waals surface area contributed by atoms with E-state index in [1.54, 1.807) is 44.2 Å². The Morgan fingerprint density at radius 1 is 1.12 bits per heavy atom. The zero-order valence-electron chi connectivity index (χ0n) is 13.4. The van der Waals surface area contributed by atoms with Crippen LogP contribution in [0.5, 0.6) is 5.75 Å². The van der Waals surface area contributed by atoms with Crippen LogP contribution in [0, 0.1) is 5.82 Å². The molecule has 6 heteroatoms. The lowest BCUT2D eigenvalue weighted by molar-refractivity contribution is -0.122. The molecule has 126 valence electrons. The summed E-state index contributed by atoms with van der Waals surface area (Å²) < 4.78 is 23.9. The molecule has 0 saturated carbocycles. The number of esters is 1. The molecule has 0 aliphatic rings. The Balaban J connectivity index is 1.96. The fourth-order valence-electron chi connectivity index (χ4n) is 1.94. The summed E-state index contributed by atoms with van der Waals surface area (Å²) in [6.07, 6.45) is -0.835. The lowest BCUT2D eigenvalue weighted by atomic mass is 10.2. The van der Waals surface area contributed by atoms with Crippen molar-refractivity contribution in [3.63, 3.8) is 0 Å². The van der Waals surface area contributed by atoms with Crippen LogP contribution in [0.1, 0.15) is 24.2 Å². The van der Waals surface area contributed by atoms with Crippen LogP contribution in [0.4, 0.5) is 10.1 Å². The number of carbonyl (C=O) groups is 2. The third-order valence-corrected chi connectivity index (χ3v) is 3.18. The van der Waals surface area contributed by atoms with E-state index >= 15 is 0 Å². The Morgan fingerprint density at radius 3 is 2.42 bits per heavy atom. The quantitative estimate of drug-likeness (QED) is 0.824. The van der Waals surface area contributed by atoms with Gasteiger partial charge in [0, 0.05) is 0 Å². The number of halogens is 1. The van der Waals surface area contributed by atoms with E-state index < -0.39 is 23.8 Å². The Bertz CT molecular complexity index is 715. The highest BCUT2D eigenvalue weighted by Gasteiger charge is 2.16. The molecule has 0 aliphatic carbocycles. The Hall–Kier alpha value is -2.89. The molecule has 0 saturated heterocycles. The average Bonchev–Trinajstić information content (AvgIpc) is 2.57. The van der Waals surface area contributed by atoms with Gasteiger partial charge in [-0.05, 0) is 50.2 Å². The highest BCUT2D eigenvalue weighted by molar-refractivity contribution is 5.94. The van der Waals surface area contributed by atoms with Gasteiger partial charge in [0.15, 0.2) is 6.10 Å². The van der Waals surface area contributed by atoms with Crippen LogP contribution < -0.4 is 10.1 Å². The minimum Gasteiger partial charge on any atom is -0.481 e. The van der Waals surface area contributed by atoms with Gasteiger partial charge in [-0.25, -0.2) is 9.18 Å². The van der Waals surface area contributed by atoms with Crippen molar-refractivity contribution in [1.82, 2.24) is 0 Å². The number of nitrogens with one attached hydrogen (secondary N) is 1. The molecule has 1 atom stereocenters. The molecule has 0 heterocycles. The van der Waals surface area contributed by atoms with Crippen molar-refractivity contribution in [2.75, 3.05) is 11.9 Å². The normalized spacial score (nSPS) is 11.5. The van der Waals surface area contributed by atoms with Gasteiger partial charge in [0.2, 0.25) is 0 Å². The van der Waals surface area contributed by atoms with E-state index in [0.717, 1.165) is 0 Å². The monoisotopic (exact) mass is 331 g/mol. The largest absolute Gasteiger partial charge is 0.481 e. The molecule has 0 unspecified atom stereocenters. The number of benzene rings is 2. The summed E-state index contributed by atoms with van der Waals surface area (Å²) in [6.45, 7) is 3.57. The molecule has 0 spiro atoms. The number of amides is 1. The summed E-state index contributed by atoms with van der Waals surface area (Å²) in [6, 6.07) is 12.1. The van der Waals surface area contributed by atoms with Crippen LogP contribution in [0.3, 0.4) is 0 Å². The highest BCUT2D eigenvalue weighted by atomic mass is 19.1. The fourth-order valence-corrected chi connectivity index (χ4v) is 1.94. The number of ether oxygens (including phenoxy) is 2. The molecule has 2 rings (SSSR count). The summed E-state index contributed by atoms with van der Waals surface area (Å²) >= 11 is 0. The van der Waals surface area contributed by atoms with E-state index in [1.165, 1.54) is 18.2 Å². The third kappa shape index (κ3) is 4.55. The van der Waals surface area contributed by atoms with Crippen molar-refractivity contribution in [3.8, 4) is 5.75 Å². The molecule has 0 aromatic heterocycles. The van der Waals surface area contributed by atoms with Gasteiger partial charge in [0.05, 0.1) is 17.9 Å². The molecule has 24 heavy (non-hydrogen) atoms. The zero-order chi connectivity index (χ0) is 17.5. The van der Waals surface area contributed by atoms with Crippen LogP contribution >= 0.6 is 0 Å². The molecule has 2 aromatic carbocycles. The zero-order valence-corrected chi connectivity index (χ0v) is 13.4. The van der Waals surface area contributed by atoms with Gasteiger partial charge in [-0.2, -0.15) is 0 Å². The predicted molar refractivity (Wildman–Crippen MR) is 87.5 cm³/mol. The lowest BCUT2D eigenvalue weighted by Gasteiger charge is -2.15. The second kappa shape index (κ2) is 8.10. The van der Waals surface area contributed by atoms with Crippen molar-refractivity contribution in [1.29, 1.82) is 0 Å². The maximum Gasteiger partial charge on any atom is 0.338 e. The van der Waals surface area contributed by atoms with Crippen LogP contribution in [0.25, 0.3) is 0 Å². The minimum absolute atomic E-state index is 0.0932. The Labute approximate surface area is 139 Å². The van der Waals surface area contributed by atoms with Crippen molar-refractivity contribution >= 4 is 17.6 Å². The van der Waals surface area contributed by atoms with E-state index in [4.69, 9.17) is 9.47 Å². The maximum absolute atomic E-state index is 13.5. The first kappa shape index (κ1) is 17.5. The van der Waals surface area contributed by atoms with Crippen LogP contribution in [-0.2, 0) is 9.53 Å². The van der Waals surface area contributed by atoms with Crippen molar-refractivity contribution < 1.29 is 23.5 Å². The summed E-state index contributed by atoms with van der Waals surface area (Å²) in [5, 5.41) is 2.46. The lowest BCUT2D eigenvalue weighted by Crippen LogP contribution is -2.30.